The number of carbonyl (C=O) groups excluding carboxylic acids is 2. The third-order valence-corrected chi connectivity index (χ3v) is 12.2. The molecule has 0 aromatic heterocycles. The lowest BCUT2D eigenvalue weighted by Gasteiger charge is -2.18. The molecule has 382 valence electrons. The molecule has 0 heterocycles. The van der Waals surface area contributed by atoms with Crippen molar-refractivity contribution in [2.45, 2.75) is 284 Å². The topological polar surface area (TPSA) is 61.8 Å². The summed E-state index contributed by atoms with van der Waals surface area (Å²) < 4.78 is 17.4. The summed E-state index contributed by atoms with van der Waals surface area (Å²) in [5.74, 6) is -0.418. The molecule has 1 unspecified atom stereocenters. The molecule has 0 spiro atoms. The zero-order chi connectivity index (χ0) is 47.7. The first kappa shape index (κ1) is 63.3. The molecule has 0 bridgehead atoms. The summed E-state index contributed by atoms with van der Waals surface area (Å²) in [5.41, 5.74) is 0. The van der Waals surface area contributed by atoms with Gasteiger partial charge in [-0.05, 0) is 109 Å². The Kier molecular flexibility index (Phi) is 54.4. The van der Waals surface area contributed by atoms with E-state index in [2.05, 4.69) is 93.7 Å². The highest BCUT2D eigenvalue weighted by Crippen LogP contribution is 2.14. The van der Waals surface area contributed by atoms with Gasteiger partial charge in [0, 0.05) is 19.4 Å². The lowest BCUT2D eigenvalue weighted by atomic mass is 10.1. The van der Waals surface area contributed by atoms with Crippen LogP contribution in [0.3, 0.4) is 0 Å². The van der Waals surface area contributed by atoms with Gasteiger partial charge in [-0.15, -0.1) is 0 Å². The molecule has 0 rings (SSSR count). The SMILES string of the molecule is CCC/C=C\C/C=C\CCCCCCCC(=O)OC(COCCCCCCCCC/C=C\C/C=C\C/C=C\CCCCC)COC(=O)CCCCCCCCC/C=C\CCCCCCCC. The van der Waals surface area contributed by atoms with E-state index in [-0.39, 0.29) is 25.2 Å². The Balaban J connectivity index is 4.28. The smallest absolute Gasteiger partial charge is 0.306 e. The molecule has 66 heavy (non-hydrogen) atoms. The molecule has 0 aliphatic carbocycles. The maximum Gasteiger partial charge on any atom is 0.306 e. The Bertz CT molecular complexity index is 1180. The van der Waals surface area contributed by atoms with Crippen molar-refractivity contribution in [2.75, 3.05) is 19.8 Å². The van der Waals surface area contributed by atoms with Crippen molar-refractivity contribution in [1.82, 2.24) is 0 Å². The van der Waals surface area contributed by atoms with Crippen molar-refractivity contribution in [3.8, 4) is 0 Å². The largest absolute Gasteiger partial charge is 0.462 e. The summed E-state index contributed by atoms with van der Waals surface area (Å²) in [6.45, 7) is 7.72. The second kappa shape index (κ2) is 56.7. The van der Waals surface area contributed by atoms with Crippen LogP contribution in [0.25, 0.3) is 0 Å². The maximum absolute atomic E-state index is 12.8. The number of carbonyl (C=O) groups is 2. The summed E-state index contributed by atoms with van der Waals surface area (Å²) in [5, 5.41) is 0. The highest BCUT2D eigenvalue weighted by molar-refractivity contribution is 5.70. The van der Waals surface area contributed by atoms with Gasteiger partial charge in [-0.3, -0.25) is 9.59 Å². The van der Waals surface area contributed by atoms with E-state index in [1.165, 1.54) is 167 Å². The number of unbranched alkanes of at least 4 members (excludes halogenated alkanes) is 29. The predicted octanol–water partition coefficient (Wildman–Crippen LogP) is 19.5. The molecular formula is C61H108O5. The number of hydrogen-bond acceptors (Lipinski definition) is 5. The third-order valence-electron chi connectivity index (χ3n) is 12.2. The molecule has 0 aliphatic rings. The van der Waals surface area contributed by atoms with E-state index < -0.39 is 6.10 Å². The number of hydrogen-bond donors (Lipinski definition) is 0. The van der Waals surface area contributed by atoms with Crippen LogP contribution in [-0.4, -0.2) is 37.9 Å². The van der Waals surface area contributed by atoms with Gasteiger partial charge in [0.1, 0.15) is 6.61 Å². The van der Waals surface area contributed by atoms with E-state index in [0.29, 0.717) is 19.4 Å². The fourth-order valence-corrected chi connectivity index (χ4v) is 7.90. The van der Waals surface area contributed by atoms with Crippen molar-refractivity contribution >= 4 is 11.9 Å². The summed E-state index contributed by atoms with van der Waals surface area (Å²) in [6, 6.07) is 0. The molecule has 0 radical (unpaired) electrons. The average Bonchev–Trinajstić information content (AvgIpc) is 3.32. The van der Waals surface area contributed by atoms with Crippen LogP contribution in [0.15, 0.2) is 72.9 Å². The van der Waals surface area contributed by atoms with E-state index >= 15 is 0 Å². The highest BCUT2D eigenvalue weighted by Gasteiger charge is 2.17. The minimum atomic E-state index is -0.553. The zero-order valence-electron chi connectivity index (χ0n) is 44.0. The number of allylic oxidation sites excluding steroid dienone is 12. The van der Waals surface area contributed by atoms with Gasteiger partial charge in [0.25, 0.3) is 0 Å². The Labute approximate surface area is 410 Å². The van der Waals surface area contributed by atoms with Crippen LogP contribution in [0.2, 0.25) is 0 Å². The first-order valence-electron chi connectivity index (χ1n) is 28.5. The molecule has 0 aromatic rings. The van der Waals surface area contributed by atoms with Gasteiger partial charge in [-0.2, -0.15) is 0 Å². The molecule has 5 heteroatoms. The fourth-order valence-electron chi connectivity index (χ4n) is 7.90. The summed E-state index contributed by atoms with van der Waals surface area (Å²) in [4.78, 5) is 25.5. The molecule has 0 aliphatic heterocycles. The maximum atomic E-state index is 12.8. The third kappa shape index (κ3) is 54.0. The normalized spacial score (nSPS) is 12.7. The first-order valence-corrected chi connectivity index (χ1v) is 28.5. The molecule has 0 fully saturated rings. The van der Waals surface area contributed by atoms with Gasteiger partial charge < -0.3 is 14.2 Å². The van der Waals surface area contributed by atoms with Crippen LogP contribution in [-0.2, 0) is 23.8 Å². The zero-order valence-corrected chi connectivity index (χ0v) is 44.0. The van der Waals surface area contributed by atoms with Crippen LogP contribution >= 0.6 is 0 Å². The molecule has 0 N–H and O–H groups in total. The van der Waals surface area contributed by atoms with Gasteiger partial charge in [-0.25, -0.2) is 0 Å². The lowest BCUT2D eigenvalue weighted by molar-refractivity contribution is -0.163. The standard InChI is InChI=1S/C61H108O5/c1-4-7-10-13-16-19-22-25-27-29-30-31-33-35-38-41-44-47-50-53-56-64-57-59(66-61(63)55-52-49-46-43-40-36-24-21-18-15-12-9-6-3)58-65-60(62)54-51-48-45-42-39-37-34-32-28-26-23-20-17-14-11-8-5-2/h12,15-16,19,21,24-28,30-31,59H,4-11,13-14,17-18,20,22-23,29,32-58H2,1-3H3/b15-12-,19-16-,24-21-,27-25-,28-26-,31-30-. The number of rotatable bonds is 52. The first-order chi connectivity index (χ1) is 32.6. The van der Waals surface area contributed by atoms with E-state index in [0.717, 1.165) is 77.0 Å². The summed E-state index contributed by atoms with van der Waals surface area (Å²) in [6.07, 6.45) is 73.4. The Morgan fingerprint density at radius 3 is 1.12 bits per heavy atom. The van der Waals surface area contributed by atoms with Gasteiger partial charge in [0.15, 0.2) is 6.10 Å². The van der Waals surface area contributed by atoms with Crippen molar-refractivity contribution in [3.05, 3.63) is 72.9 Å². The molecule has 0 aromatic carbocycles. The molecule has 0 saturated carbocycles. The van der Waals surface area contributed by atoms with Gasteiger partial charge in [-0.1, -0.05) is 229 Å². The van der Waals surface area contributed by atoms with E-state index in [1.807, 2.05) is 0 Å². The number of ether oxygens (including phenoxy) is 3. The van der Waals surface area contributed by atoms with Crippen molar-refractivity contribution < 1.29 is 23.8 Å². The monoisotopic (exact) mass is 921 g/mol. The van der Waals surface area contributed by atoms with Crippen LogP contribution in [0.5, 0.6) is 0 Å². The predicted molar refractivity (Wildman–Crippen MR) is 288 cm³/mol. The van der Waals surface area contributed by atoms with Crippen LogP contribution < -0.4 is 0 Å². The molecular weight excluding hydrogens is 813 g/mol. The Morgan fingerprint density at radius 1 is 0.333 bits per heavy atom. The highest BCUT2D eigenvalue weighted by atomic mass is 16.6. The van der Waals surface area contributed by atoms with Crippen molar-refractivity contribution in [1.29, 1.82) is 0 Å². The van der Waals surface area contributed by atoms with E-state index in [4.69, 9.17) is 14.2 Å². The van der Waals surface area contributed by atoms with Gasteiger partial charge in [0.05, 0.1) is 6.61 Å². The lowest BCUT2D eigenvalue weighted by Crippen LogP contribution is -2.30. The summed E-state index contributed by atoms with van der Waals surface area (Å²) in [7, 11) is 0. The van der Waals surface area contributed by atoms with Gasteiger partial charge >= 0.3 is 11.9 Å². The van der Waals surface area contributed by atoms with E-state index in [1.54, 1.807) is 0 Å². The second-order valence-electron chi connectivity index (χ2n) is 18.8. The van der Waals surface area contributed by atoms with Crippen LogP contribution in [0.4, 0.5) is 0 Å². The van der Waals surface area contributed by atoms with Gasteiger partial charge in [0.2, 0.25) is 0 Å². The second-order valence-corrected chi connectivity index (χ2v) is 18.8. The Morgan fingerprint density at radius 2 is 0.667 bits per heavy atom. The average molecular weight is 922 g/mol. The fraction of sp³-hybridized carbons (Fsp3) is 0.770. The molecule has 0 amide bonds. The van der Waals surface area contributed by atoms with Crippen LogP contribution in [0, 0.1) is 0 Å². The number of esters is 2. The minimum absolute atomic E-state index is 0.0721. The minimum Gasteiger partial charge on any atom is -0.462 e. The Hall–Kier alpha value is -2.66. The van der Waals surface area contributed by atoms with Crippen molar-refractivity contribution in [2.24, 2.45) is 0 Å². The van der Waals surface area contributed by atoms with Crippen LogP contribution in [0.1, 0.15) is 278 Å². The molecule has 5 nitrogen and oxygen atoms in total. The van der Waals surface area contributed by atoms with E-state index in [9.17, 15) is 9.59 Å². The molecule has 0 saturated heterocycles. The van der Waals surface area contributed by atoms with Crippen molar-refractivity contribution in [3.63, 3.8) is 0 Å². The quantitative estimate of drug-likeness (QED) is 0.0346. The summed E-state index contributed by atoms with van der Waals surface area (Å²) >= 11 is 0. The molecule has 1 atom stereocenters.